The molecule has 1 heterocycles. The summed E-state index contributed by atoms with van der Waals surface area (Å²) in [4.78, 5) is 11.2. The number of rotatable bonds is 4. The minimum Gasteiger partial charge on any atom is -0.263 e. The molecule has 3 rings (SSSR count). The first-order valence-electron chi connectivity index (χ1n) is 7.32. The summed E-state index contributed by atoms with van der Waals surface area (Å²) in [7, 11) is 0. The van der Waals surface area contributed by atoms with Crippen molar-refractivity contribution in [2.45, 2.75) is 31.0 Å². The second-order valence-electron chi connectivity index (χ2n) is 5.68. The van der Waals surface area contributed by atoms with E-state index < -0.39 is 6.17 Å². The normalized spacial score (nSPS) is 24.3. The van der Waals surface area contributed by atoms with Crippen molar-refractivity contribution in [3.8, 4) is 0 Å². The van der Waals surface area contributed by atoms with Crippen molar-refractivity contribution in [1.29, 1.82) is 0 Å². The molecule has 3 unspecified atom stereocenters. The smallest absolute Gasteiger partial charge is 0.263 e. The first-order valence-corrected chi connectivity index (χ1v) is 7.70. The fourth-order valence-corrected chi connectivity index (χ4v) is 3.36. The number of halogens is 1. The van der Waals surface area contributed by atoms with Gasteiger partial charge in [0, 0.05) is 16.0 Å². The van der Waals surface area contributed by atoms with E-state index in [1.165, 1.54) is 5.56 Å². The Morgan fingerprint density at radius 2 is 1.95 bits per heavy atom. The van der Waals surface area contributed by atoms with E-state index in [2.05, 4.69) is 17.4 Å². The zero-order valence-corrected chi connectivity index (χ0v) is 12.7. The van der Waals surface area contributed by atoms with E-state index >= 15 is 0 Å². The van der Waals surface area contributed by atoms with Crippen LogP contribution in [0, 0.1) is 10.1 Å². The Bertz CT molecular complexity index is 663. The fourth-order valence-electron chi connectivity index (χ4n) is 3.17. The first-order chi connectivity index (χ1) is 10.6. The van der Waals surface area contributed by atoms with E-state index in [4.69, 9.17) is 11.6 Å². The van der Waals surface area contributed by atoms with Gasteiger partial charge < -0.3 is 0 Å². The van der Waals surface area contributed by atoms with Crippen LogP contribution >= 0.6 is 11.6 Å². The Labute approximate surface area is 134 Å². The van der Waals surface area contributed by atoms with E-state index in [1.807, 2.05) is 36.4 Å². The van der Waals surface area contributed by atoms with Gasteiger partial charge >= 0.3 is 0 Å². The average molecular weight is 317 g/mol. The summed E-state index contributed by atoms with van der Waals surface area (Å²) < 4.78 is 0. The lowest BCUT2D eigenvalue weighted by molar-refractivity contribution is -0.529. The molecule has 1 saturated heterocycles. The third kappa shape index (κ3) is 3.29. The molecule has 0 spiro atoms. The summed E-state index contributed by atoms with van der Waals surface area (Å²) in [5.41, 5.74) is 2.12. The fraction of sp³-hybridized carbons (Fsp3) is 0.294. The van der Waals surface area contributed by atoms with Crippen LogP contribution in [0.15, 0.2) is 54.6 Å². The number of nitrogens with zero attached hydrogens (tertiary/aromatic N) is 1. The maximum absolute atomic E-state index is 11.4. The number of benzene rings is 2. The maximum atomic E-state index is 11.4. The summed E-state index contributed by atoms with van der Waals surface area (Å²) in [6.45, 7) is 0. The third-order valence-corrected chi connectivity index (χ3v) is 4.39. The predicted octanol–water partition coefficient (Wildman–Crippen LogP) is 3.63. The largest absolute Gasteiger partial charge is 0.273 e. The highest BCUT2D eigenvalue weighted by molar-refractivity contribution is 6.30. The standard InChI is InChI=1S/C17H17ClN2O2/c18-14-8-4-7-13(10-14)16-11-15(19-17(16)20(21)22)9-12-5-2-1-3-6-12/h1-8,10,15-17,19H,9,11H2. The SMILES string of the molecule is O=[N+]([O-])C1NC(Cc2ccccc2)CC1c1cccc(Cl)c1. The van der Waals surface area contributed by atoms with Crippen molar-refractivity contribution in [3.63, 3.8) is 0 Å². The van der Waals surface area contributed by atoms with Gasteiger partial charge in [-0.1, -0.05) is 54.1 Å². The molecule has 2 aromatic rings. The van der Waals surface area contributed by atoms with Crippen LogP contribution in [-0.2, 0) is 6.42 Å². The van der Waals surface area contributed by atoms with Gasteiger partial charge in [0.1, 0.15) is 0 Å². The Morgan fingerprint density at radius 1 is 1.18 bits per heavy atom. The lowest BCUT2D eigenvalue weighted by Crippen LogP contribution is -2.38. The van der Waals surface area contributed by atoms with Crippen LogP contribution in [0.3, 0.4) is 0 Å². The van der Waals surface area contributed by atoms with Gasteiger partial charge in [0.25, 0.3) is 6.17 Å². The monoisotopic (exact) mass is 316 g/mol. The quantitative estimate of drug-likeness (QED) is 0.692. The zero-order chi connectivity index (χ0) is 15.5. The van der Waals surface area contributed by atoms with Crippen LogP contribution in [0.1, 0.15) is 23.5 Å². The average Bonchev–Trinajstić information content (AvgIpc) is 2.92. The topological polar surface area (TPSA) is 55.2 Å². The van der Waals surface area contributed by atoms with Gasteiger partial charge in [0.05, 0.1) is 5.92 Å². The van der Waals surface area contributed by atoms with E-state index in [9.17, 15) is 10.1 Å². The minimum atomic E-state index is -0.757. The van der Waals surface area contributed by atoms with E-state index in [0.717, 1.165) is 18.4 Å². The van der Waals surface area contributed by atoms with Crippen molar-refractivity contribution in [2.75, 3.05) is 0 Å². The van der Waals surface area contributed by atoms with Crippen LogP contribution in [0.25, 0.3) is 0 Å². The van der Waals surface area contributed by atoms with E-state index in [0.29, 0.717) is 5.02 Å². The van der Waals surface area contributed by atoms with E-state index in [-0.39, 0.29) is 16.9 Å². The molecular formula is C17H17ClN2O2. The van der Waals surface area contributed by atoms with Crippen molar-refractivity contribution >= 4 is 11.6 Å². The Morgan fingerprint density at radius 3 is 2.64 bits per heavy atom. The van der Waals surface area contributed by atoms with Gasteiger partial charge in [-0.25, -0.2) is 0 Å². The van der Waals surface area contributed by atoms with Crippen LogP contribution in [-0.4, -0.2) is 17.1 Å². The molecule has 0 amide bonds. The van der Waals surface area contributed by atoms with Crippen LogP contribution < -0.4 is 5.32 Å². The molecule has 0 radical (unpaired) electrons. The molecule has 0 aliphatic carbocycles. The number of hydrogen-bond donors (Lipinski definition) is 1. The highest BCUT2D eigenvalue weighted by Gasteiger charge is 2.42. The van der Waals surface area contributed by atoms with Crippen molar-refractivity contribution in [3.05, 3.63) is 80.9 Å². The summed E-state index contributed by atoms with van der Waals surface area (Å²) in [5, 5.41) is 15.2. The molecule has 0 saturated carbocycles. The maximum Gasteiger partial charge on any atom is 0.273 e. The Kier molecular flexibility index (Phi) is 4.41. The van der Waals surface area contributed by atoms with Gasteiger partial charge in [0.15, 0.2) is 0 Å². The van der Waals surface area contributed by atoms with Crippen LogP contribution in [0.4, 0.5) is 0 Å². The minimum absolute atomic E-state index is 0.0989. The van der Waals surface area contributed by atoms with Crippen LogP contribution in [0.2, 0.25) is 5.02 Å². The Balaban J connectivity index is 1.79. The lowest BCUT2D eigenvalue weighted by atomic mass is 9.92. The number of nitrogens with one attached hydrogen (secondary N) is 1. The molecule has 5 heteroatoms. The molecule has 22 heavy (non-hydrogen) atoms. The molecule has 1 fully saturated rings. The van der Waals surface area contributed by atoms with Crippen LogP contribution in [0.5, 0.6) is 0 Å². The first kappa shape index (κ1) is 15.0. The van der Waals surface area contributed by atoms with Gasteiger partial charge in [0.2, 0.25) is 0 Å². The second kappa shape index (κ2) is 6.46. The predicted molar refractivity (Wildman–Crippen MR) is 86.7 cm³/mol. The van der Waals surface area contributed by atoms with Gasteiger partial charge in [-0.05, 0) is 36.1 Å². The van der Waals surface area contributed by atoms with Crippen molar-refractivity contribution in [2.24, 2.45) is 0 Å². The summed E-state index contributed by atoms with van der Waals surface area (Å²) in [6, 6.07) is 17.5. The highest BCUT2D eigenvalue weighted by Crippen LogP contribution is 2.33. The summed E-state index contributed by atoms with van der Waals surface area (Å²) >= 11 is 6.03. The third-order valence-electron chi connectivity index (χ3n) is 4.15. The number of nitro groups is 1. The molecule has 1 aliphatic rings. The molecule has 0 aromatic heterocycles. The molecular weight excluding hydrogens is 300 g/mol. The van der Waals surface area contributed by atoms with Crippen molar-refractivity contribution in [1.82, 2.24) is 5.32 Å². The molecule has 1 N–H and O–H groups in total. The summed E-state index contributed by atoms with van der Waals surface area (Å²) in [6.07, 6.45) is 0.774. The van der Waals surface area contributed by atoms with Gasteiger partial charge in [-0.15, -0.1) is 0 Å². The molecule has 0 bridgehead atoms. The Hall–Kier alpha value is -1.91. The van der Waals surface area contributed by atoms with Gasteiger partial charge in [-0.3, -0.25) is 15.4 Å². The molecule has 4 nitrogen and oxygen atoms in total. The van der Waals surface area contributed by atoms with E-state index in [1.54, 1.807) is 6.07 Å². The molecule has 2 aromatic carbocycles. The number of hydrogen-bond acceptors (Lipinski definition) is 3. The zero-order valence-electron chi connectivity index (χ0n) is 12.0. The second-order valence-corrected chi connectivity index (χ2v) is 6.12. The molecule has 114 valence electrons. The van der Waals surface area contributed by atoms with Gasteiger partial charge in [-0.2, -0.15) is 0 Å². The molecule has 1 aliphatic heterocycles. The molecule has 3 atom stereocenters. The lowest BCUT2D eigenvalue weighted by Gasteiger charge is -2.12. The summed E-state index contributed by atoms with van der Waals surface area (Å²) in [5.74, 6) is -0.151. The van der Waals surface area contributed by atoms with Crippen molar-refractivity contribution < 1.29 is 4.92 Å². The highest BCUT2D eigenvalue weighted by atomic mass is 35.5.